The van der Waals surface area contributed by atoms with Crippen molar-refractivity contribution in [3.05, 3.63) is 83.4 Å². The largest absolute Gasteiger partial charge is 0.327 e. The Hall–Kier alpha value is -1.86. The molecule has 0 aromatic heterocycles. The number of benzene rings is 2. The van der Waals surface area contributed by atoms with E-state index in [1.54, 1.807) is 0 Å². The van der Waals surface area contributed by atoms with Crippen LogP contribution in [0.25, 0.3) is 0 Å². The summed E-state index contributed by atoms with van der Waals surface area (Å²) in [5.41, 5.74) is 9.75. The summed E-state index contributed by atoms with van der Waals surface area (Å²) in [6, 6.07) is 21.2. The lowest BCUT2D eigenvalue weighted by atomic mass is 9.89. The third-order valence-corrected chi connectivity index (χ3v) is 3.44. The Morgan fingerprint density at radius 3 is 1.79 bits per heavy atom. The first-order valence-electron chi connectivity index (χ1n) is 6.84. The maximum atomic E-state index is 5.82. The highest BCUT2D eigenvalue weighted by molar-refractivity contribution is 5.37. The number of rotatable bonds is 5. The maximum absolute atomic E-state index is 5.82. The molecule has 0 saturated heterocycles. The molecular formula is C18H21N. The second kappa shape index (κ2) is 6.91. The van der Waals surface area contributed by atoms with Crippen LogP contribution in [0.4, 0.5) is 0 Å². The monoisotopic (exact) mass is 251 g/mol. The zero-order valence-electron chi connectivity index (χ0n) is 11.4. The minimum absolute atomic E-state index is 0.292. The van der Waals surface area contributed by atoms with Gasteiger partial charge in [0, 0.05) is 12.5 Å². The van der Waals surface area contributed by atoms with Crippen molar-refractivity contribution in [2.75, 3.05) is 6.54 Å². The van der Waals surface area contributed by atoms with Crippen LogP contribution in [-0.4, -0.2) is 6.54 Å². The van der Waals surface area contributed by atoms with Gasteiger partial charge in [-0.05, 0) is 17.5 Å². The van der Waals surface area contributed by atoms with Crippen molar-refractivity contribution in [1.29, 1.82) is 0 Å². The van der Waals surface area contributed by atoms with Crippen LogP contribution in [0.5, 0.6) is 0 Å². The van der Waals surface area contributed by atoms with Crippen molar-refractivity contribution < 1.29 is 0 Å². The summed E-state index contributed by atoms with van der Waals surface area (Å²) < 4.78 is 0. The van der Waals surface area contributed by atoms with Crippen LogP contribution in [0.15, 0.2) is 72.3 Å². The summed E-state index contributed by atoms with van der Waals surface area (Å²) in [4.78, 5) is 0. The fourth-order valence-electron chi connectivity index (χ4n) is 2.27. The molecule has 1 nitrogen and oxygen atoms in total. The molecule has 0 heterocycles. The van der Waals surface area contributed by atoms with Crippen LogP contribution in [0.1, 0.15) is 30.4 Å². The van der Waals surface area contributed by atoms with Gasteiger partial charge in [-0.2, -0.15) is 0 Å². The van der Waals surface area contributed by atoms with Gasteiger partial charge in [-0.1, -0.05) is 79.2 Å². The first-order chi connectivity index (χ1) is 9.35. The van der Waals surface area contributed by atoms with E-state index in [9.17, 15) is 0 Å². The van der Waals surface area contributed by atoms with Crippen LogP contribution in [-0.2, 0) is 0 Å². The van der Waals surface area contributed by atoms with Gasteiger partial charge in [0.05, 0.1) is 0 Å². The quantitative estimate of drug-likeness (QED) is 0.795. The fraction of sp³-hybridized carbons (Fsp3) is 0.222. The molecule has 2 N–H and O–H groups in total. The topological polar surface area (TPSA) is 26.0 Å². The molecule has 0 fully saturated rings. The van der Waals surface area contributed by atoms with Gasteiger partial charge in [-0.15, -0.1) is 0 Å². The molecule has 0 bridgehead atoms. The molecule has 0 unspecified atom stereocenters. The predicted octanol–water partition coefficient (Wildman–Crippen LogP) is 4.11. The standard InChI is InChI=1S/C18H21N/c1-2-15(14-19)13-18(16-9-5-3-6-10-16)17-11-7-4-8-12-17/h3-13,18H,2,14,19H2,1H3/b15-13-. The van der Waals surface area contributed by atoms with E-state index in [1.807, 2.05) is 0 Å². The second-order valence-corrected chi connectivity index (χ2v) is 4.68. The zero-order chi connectivity index (χ0) is 13.5. The normalized spacial score (nSPS) is 11.8. The SMILES string of the molecule is CC/C(=C/C(c1ccccc1)c1ccccc1)CN. The van der Waals surface area contributed by atoms with Gasteiger partial charge in [0.15, 0.2) is 0 Å². The van der Waals surface area contributed by atoms with Crippen LogP contribution in [0.3, 0.4) is 0 Å². The third kappa shape index (κ3) is 3.55. The molecule has 98 valence electrons. The van der Waals surface area contributed by atoms with E-state index >= 15 is 0 Å². The Morgan fingerprint density at radius 2 is 1.42 bits per heavy atom. The molecule has 0 atom stereocenters. The smallest absolute Gasteiger partial charge is 0.0272 e. The predicted molar refractivity (Wildman–Crippen MR) is 82.2 cm³/mol. The van der Waals surface area contributed by atoms with Crippen molar-refractivity contribution >= 4 is 0 Å². The van der Waals surface area contributed by atoms with Crippen LogP contribution in [0, 0.1) is 0 Å². The molecular weight excluding hydrogens is 230 g/mol. The van der Waals surface area contributed by atoms with Gasteiger partial charge in [0.2, 0.25) is 0 Å². The lowest BCUT2D eigenvalue weighted by Crippen LogP contribution is -2.06. The zero-order valence-corrected chi connectivity index (χ0v) is 11.4. The molecule has 0 aliphatic rings. The maximum Gasteiger partial charge on any atom is 0.0272 e. The lowest BCUT2D eigenvalue weighted by molar-refractivity contribution is 0.940. The van der Waals surface area contributed by atoms with Crippen LogP contribution in [0.2, 0.25) is 0 Å². The van der Waals surface area contributed by atoms with Crippen molar-refractivity contribution in [2.45, 2.75) is 19.3 Å². The first kappa shape index (κ1) is 13.6. The molecule has 2 aromatic carbocycles. The molecule has 0 amide bonds. The lowest BCUT2D eigenvalue weighted by Gasteiger charge is -2.16. The summed E-state index contributed by atoms with van der Waals surface area (Å²) in [5, 5.41) is 0. The number of nitrogens with two attached hydrogens (primary N) is 1. The molecule has 0 radical (unpaired) electrons. The third-order valence-electron chi connectivity index (χ3n) is 3.44. The number of hydrogen-bond donors (Lipinski definition) is 1. The molecule has 2 aromatic rings. The Kier molecular flexibility index (Phi) is 4.93. The molecule has 0 aliphatic carbocycles. The van der Waals surface area contributed by atoms with Gasteiger partial charge >= 0.3 is 0 Å². The summed E-state index contributed by atoms with van der Waals surface area (Å²) in [5.74, 6) is 0.292. The molecule has 0 spiro atoms. The highest BCUT2D eigenvalue weighted by Crippen LogP contribution is 2.27. The van der Waals surface area contributed by atoms with E-state index in [4.69, 9.17) is 5.73 Å². The van der Waals surface area contributed by atoms with E-state index in [0.29, 0.717) is 12.5 Å². The Bertz CT molecular complexity index is 468. The minimum Gasteiger partial charge on any atom is -0.327 e. The van der Waals surface area contributed by atoms with Gasteiger partial charge in [-0.25, -0.2) is 0 Å². The van der Waals surface area contributed by atoms with Crippen LogP contribution >= 0.6 is 0 Å². The average Bonchev–Trinajstić information content (AvgIpc) is 2.50. The van der Waals surface area contributed by atoms with Gasteiger partial charge < -0.3 is 5.73 Å². The summed E-state index contributed by atoms with van der Waals surface area (Å²) in [6.45, 7) is 2.79. The summed E-state index contributed by atoms with van der Waals surface area (Å²) >= 11 is 0. The Labute approximate surface area is 115 Å². The van der Waals surface area contributed by atoms with Gasteiger partial charge in [0.1, 0.15) is 0 Å². The van der Waals surface area contributed by atoms with E-state index in [2.05, 4.69) is 73.7 Å². The van der Waals surface area contributed by atoms with Crippen LogP contribution < -0.4 is 5.73 Å². The molecule has 0 saturated carbocycles. The van der Waals surface area contributed by atoms with Crippen molar-refractivity contribution in [3.8, 4) is 0 Å². The fourth-order valence-corrected chi connectivity index (χ4v) is 2.27. The van der Waals surface area contributed by atoms with Gasteiger partial charge in [-0.3, -0.25) is 0 Å². The van der Waals surface area contributed by atoms with E-state index in [0.717, 1.165) is 6.42 Å². The molecule has 1 heteroatoms. The summed E-state index contributed by atoms with van der Waals surface area (Å²) in [7, 11) is 0. The van der Waals surface area contributed by atoms with Crippen molar-refractivity contribution in [3.63, 3.8) is 0 Å². The molecule has 2 rings (SSSR count). The molecule has 0 aliphatic heterocycles. The first-order valence-corrected chi connectivity index (χ1v) is 6.84. The number of allylic oxidation sites excluding steroid dienone is 1. The van der Waals surface area contributed by atoms with Crippen molar-refractivity contribution in [1.82, 2.24) is 0 Å². The second-order valence-electron chi connectivity index (χ2n) is 4.68. The minimum atomic E-state index is 0.292. The number of hydrogen-bond acceptors (Lipinski definition) is 1. The highest BCUT2D eigenvalue weighted by Gasteiger charge is 2.11. The highest BCUT2D eigenvalue weighted by atomic mass is 14.5. The average molecular weight is 251 g/mol. The summed E-state index contributed by atoms with van der Waals surface area (Å²) in [6.07, 6.45) is 3.32. The van der Waals surface area contributed by atoms with Gasteiger partial charge in [0.25, 0.3) is 0 Å². The Balaban J connectivity index is 2.43. The Morgan fingerprint density at radius 1 is 0.947 bits per heavy atom. The van der Waals surface area contributed by atoms with Crippen molar-refractivity contribution in [2.24, 2.45) is 5.73 Å². The van der Waals surface area contributed by atoms with E-state index < -0.39 is 0 Å². The van der Waals surface area contributed by atoms with E-state index in [-0.39, 0.29) is 0 Å². The van der Waals surface area contributed by atoms with E-state index in [1.165, 1.54) is 16.7 Å². The molecule has 19 heavy (non-hydrogen) atoms.